The van der Waals surface area contributed by atoms with Crippen LogP contribution >= 0.6 is 39.5 Å². The van der Waals surface area contributed by atoms with Gasteiger partial charge in [0.15, 0.2) is 5.17 Å². The van der Waals surface area contributed by atoms with Gasteiger partial charge in [0.2, 0.25) is 0 Å². The predicted octanol–water partition coefficient (Wildman–Crippen LogP) is 5.88. The Morgan fingerprint density at radius 1 is 1.44 bits per heavy atom. The molecule has 1 spiro atoms. The quantitative estimate of drug-likeness (QED) is 0.254. The van der Waals surface area contributed by atoms with Gasteiger partial charge in [0.05, 0.1) is 0 Å². The SMILES string of the molecule is C[Si](C)(C)CCOCN(C(=O)O)C1=N[C@](CF)(c2cc(Br)ccc2F)[C@H]2C3CSC[C@@]32S1. The fourth-order valence-corrected chi connectivity index (χ4v) is 9.56. The van der Waals surface area contributed by atoms with E-state index in [9.17, 15) is 18.7 Å². The molecule has 2 aliphatic heterocycles. The summed E-state index contributed by atoms with van der Waals surface area (Å²) in [6.45, 7) is 6.06. The third-order valence-electron chi connectivity index (χ3n) is 6.44. The number of halogens is 3. The Morgan fingerprint density at radius 3 is 2.84 bits per heavy atom. The summed E-state index contributed by atoms with van der Waals surface area (Å²) in [7, 11) is -1.33. The molecular formula is C21H27BrF2N2O3S2Si. The Kier molecular flexibility index (Phi) is 6.79. The van der Waals surface area contributed by atoms with Crippen LogP contribution in [0.5, 0.6) is 0 Å². The van der Waals surface area contributed by atoms with Crippen LogP contribution in [0.25, 0.3) is 0 Å². The maximum atomic E-state index is 15.0. The molecule has 1 saturated heterocycles. The van der Waals surface area contributed by atoms with Crippen molar-refractivity contribution in [3.63, 3.8) is 0 Å². The molecule has 1 aliphatic carbocycles. The van der Waals surface area contributed by atoms with E-state index in [1.165, 1.54) is 17.8 Å². The maximum absolute atomic E-state index is 15.0. The fraction of sp³-hybridized carbons (Fsp3) is 0.619. The van der Waals surface area contributed by atoms with Gasteiger partial charge in [0.1, 0.15) is 24.8 Å². The van der Waals surface area contributed by atoms with E-state index in [2.05, 4.69) is 40.6 Å². The van der Waals surface area contributed by atoms with Crippen LogP contribution in [-0.4, -0.2) is 65.6 Å². The molecule has 11 heteroatoms. The Bertz CT molecular complexity index is 950. The van der Waals surface area contributed by atoms with Crippen LogP contribution in [0.2, 0.25) is 25.7 Å². The Morgan fingerprint density at radius 2 is 2.19 bits per heavy atom. The first-order chi connectivity index (χ1) is 15.0. The molecule has 2 fully saturated rings. The Balaban J connectivity index is 1.70. The zero-order chi connectivity index (χ0) is 23.3. The number of thioether (sulfide) groups is 2. The highest BCUT2D eigenvalue weighted by atomic mass is 79.9. The minimum atomic E-state index is -1.44. The molecule has 1 aromatic rings. The van der Waals surface area contributed by atoms with Crippen molar-refractivity contribution in [2.45, 2.75) is 36.0 Å². The molecule has 4 rings (SSSR count). The van der Waals surface area contributed by atoms with Crippen molar-refractivity contribution >= 4 is 58.8 Å². The highest BCUT2D eigenvalue weighted by molar-refractivity contribution is 9.10. The number of aliphatic imine (C=N–C) groups is 1. The molecule has 1 amide bonds. The molecule has 1 aromatic carbocycles. The molecule has 0 radical (unpaired) electrons. The lowest BCUT2D eigenvalue weighted by Gasteiger charge is -2.38. The van der Waals surface area contributed by atoms with Crippen molar-refractivity contribution in [3.8, 4) is 0 Å². The van der Waals surface area contributed by atoms with Crippen LogP contribution in [0, 0.1) is 17.7 Å². The van der Waals surface area contributed by atoms with E-state index in [1.54, 1.807) is 23.9 Å². The largest absolute Gasteiger partial charge is 0.465 e. The van der Waals surface area contributed by atoms with Crippen LogP contribution in [0.3, 0.4) is 0 Å². The number of ether oxygens (including phenoxy) is 1. The molecule has 2 heterocycles. The van der Waals surface area contributed by atoms with Gasteiger partial charge in [-0.2, -0.15) is 11.8 Å². The summed E-state index contributed by atoms with van der Waals surface area (Å²) in [5, 5.41) is 10.1. The molecule has 0 bridgehead atoms. The maximum Gasteiger partial charge on any atom is 0.415 e. The Hall–Kier alpha value is -0.623. The lowest BCUT2D eigenvalue weighted by atomic mass is 9.84. The van der Waals surface area contributed by atoms with E-state index in [4.69, 9.17) is 4.74 Å². The number of carboxylic acid groups (broad SMARTS) is 1. The average Bonchev–Trinajstić information content (AvgIpc) is 3.18. The smallest absolute Gasteiger partial charge is 0.415 e. The van der Waals surface area contributed by atoms with Crippen molar-refractivity contribution in [1.82, 2.24) is 4.90 Å². The second-order valence-corrected chi connectivity index (χ2v) is 18.7. The standard InChI is InChI=1S/C21H27BrF2N2O3S2Si/c1-32(2,3)7-6-29-12-26(19(27)28)18-25-20(10-23,14-8-13(22)4-5-16(14)24)17-15-9-30-11-21(15,17)31-18/h4-5,8,15,17H,6-7,9-12H2,1-3H3,(H,27,28)/t15?,17-,20-,21-/m1/s1. The molecule has 0 aromatic heterocycles. The van der Waals surface area contributed by atoms with Crippen LogP contribution in [-0.2, 0) is 10.3 Å². The van der Waals surface area contributed by atoms with Gasteiger partial charge in [-0.05, 0) is 35.9 Å². The average molecular weight is 566 g/mol. The molecule has 4 atom stereocenters. The summed E-state index contributed by atoms with van der Waals surface area (Å²) in [5.74, 6) is 1.09. The van der Waals surface area contributed by atoms with Gasteiger partial charge in [-0.25, -0.2) is 23.5 Å². The first-order valence-corrected chi connectivity index (χ1v) is 17.0. The number of fused-ring (bicyclic) bond motifs is 1. The number of alkyl halides is 1. The normalized spacial score (nSPS) is 31.0. The summed E-state index contributed by atoms with van der Waals surface area (Å²) in [6, 6.07) is 5.36. The summed E-state index contributed by atoms with van der Waals surface area (Å²) in [6.07, 6.45) is -1.20. The summed E-state index contributed by atoms with van der Waals surface area (Å²) < 4.78 is 35.9. The van der Waals surface area contributed by atoms with Crippen LogP contribution in [0.4, 0.5) is 13.6 Å². The van der Waals surface area contributed by atoms with Gasteiger partial charge in [0.25, 0.3) is 0 Å². The number of carbonyl (C=O) groups is 1. The second kappa shape index (κ2) is 8.87. The van der Waals surface area contributed by atoms with Crippen molar-refractivity contribution in [2.24, 2.45) is 16.8 Å². The molecule has 1 N–H and O–H groups in total. The second-order valence-electron chi connectivity index (χ2n) is 9.79. The van der Waals surface area contributed by atoms with Gasteiger partial charge in [0, 0.05) is 41.1 Å². The van der Waals surface area contributed by atoms with Gasteiger partial charge in [-0.15, -0.1) is 0 Å². The lowest BCUT2D eigenvalue weighted by Crippen LogP contribution is -2.45. The zero-order valence-electron chi connectivity index (χ0n) is 18.2. The number of benzene rings is 1. The molecule has 1 saturated carbocycles. The van der Waals surface area contributed by atoms with E-state index in [0.29, 0.717) is 11.1 Å². The first-order valence-electron chi connectivity index (χ1n) is 10.5. The highest BCUT2D eigenvalue weighted by Crippen LogP contribution is 2.75. The lowest BCUT2D eigenvalue weighted by molar-refractivity contribution is 0.0699. The van der Waals surface area contributed by atoms with Gasteiger partial charge in [-0.1, -0.05) is 47.3 Å². The van der Waals surface area contributed by atoms with E-state index in [0.717, 1.165) is 22.4 Å². The van der Waals surface area contributed by atoms with E-state index < -0.39 is 32.2 Å². The third kappa shape index (κ3) is 4.28. The first kappa shape index (κ1) is 24.5. The van der Waals surface area contributed by atoms with Crippen molar-refractivity contribution in [2.75, 3.05) is 31.5 Å². The summed E-state index contributed by atoms with van der Waals surface area (Å²) in [5.41, 5.74) is -1.26. The topological polar surface area (TPSA) is 62.1 Å². The molecule has 1 unspecified atom stereocenters. The monoisotopic (exact) mass is 564 g/mol. The number of amides is 1. The summed E-state index contributed by atoms with van der Waals surface area (Å²) in [4.78, 5) is 17.9. The number of amidine groups is 1. The molecular weight excluding hydrogens is 538 g/mol. The Labute approximate surface area is 204 Å². The number of rotatable bonds is 7. The molecule has 176 valence electrons. The number of hydrogen-bond acceptors (Lipinski definition) is 5. The van der Waals surface area contributed by atoms with Crippen LogP contribution in [0.1, 0.15) is 5.56 Å². The van der Waals surface area contributed by atoms with E-state index >= 15 is 0 Å². The summed E-state index contributed by atoms with van der Waals surface area (Å²) >= 11 is 6.54. The number of nitrogens with zero attached hydrogens (tertiary/aromatic N) is 2. The predicted molar refractivity (Wildman–Crippen MR) is 133 cm³/mol. The minimum absolute atomic E-state index is 0.163. The van der Waals surface area contributed by atoms with E-state index in [1.807, 2.05) is 0 Å². The van der Waals surface area contributed by atoms with Crippen molar-refractivity contribution in [1.29, 1.82) is 0 Å². The van der Waals surface area contributed by atoms with Crippen molar-refractivity contribution in [3.05, 3.63) is 34.1 Å². The van der Waals surface area contributed by atoms with Crippen LogP contribution < -0.4 is 0 Å². The van der Waals surface area contributed by atoms with Gasteiger partial charge in [-0.3, -0.25) is 0 Å². The highest BCUT2D eigenvalue weighted by Gasteiger charge is 2.77. The fourth-order valence-electron chi connectivity index (χ4n) is 4.69. The molecule has 5 nitrogen and oxygen atoms in total. The molecule has 3 aliphatic rings. The third-order valence-corrected chi connectivity index (χ3v) is 11.7. The number of hydrogen-bond donors (Lipinski definition) is 1. The van der Waals surface area contributed by atoms with E-state index in [-0.39, 0.29) is 34.0 Å². The van der Waals surface area contributed by atoms with Gasteiger partial charge >= 0.3 is 6.09 Å². The zero-order valence-corrected chi connectivity index (χ0v) is 22.5. The minimum Gasteiger partial charge on any atom is -0.465 e. The van der Waals surface area contributed by atoms with Crippen LogP contribution in [0.15, 0.2) is 27.7 Å². The van der Waals surface area contributed by atoms with Crippen molar-refractivity contribution < 1.29 is 23.4 Å². The molecule has 32 heavy (non-hydrogen) atoms. The van der Waals surface area contributed by atoms with Gasteiger partial charge < -0.3 is 9.84 Å².